The van der Waals surface area contributed by atoms with Gasteiger partial charge in [-0.15, -0.1) is 5.10 Å². The first kappa shape index (κ1) is 16.6. The molecule has 0 unspecified atom stereocenters. The van der Waals surface area contributed by atoms with Crippen molar-refractivity contribution in [1.29, 1.82) is 0 Å². The van der Waals surface area contributed by atoms with Crippen LogP contribution in [0.5, 0.6) is 0 Å². The van der Waals surface area contributed by atoms with Gasteiger partial charge in [-0.1, -0.05) is 23.7 Å². The Kier molecular flexibility index (Phi) is 4.71. The molecule has 0 aliphatic rings. The predicted molar refractivity (Wildman–Crippen MR) is 93.8 cm³/mol. The molecule has 8 nitrogen and oxygen atoms in total. The molecule has 0 saturated heterocycles. The van der Waals surface area contributed by atoms with Gasteiger partial charge in [0.15, 0.2) is 5.82 Å². The summed E-state index contributed by atoms with van der Waals surface area (Å²) in [6.45, 7) is 0. The molecule has 1 amide bonds. The van der Waals surface area contributed by atoms with Crippen LogP contribution in [0.3, 0.4) is 0 Å². The highest BCUT2D eigenvalue weighted by molar-refractivity contribution is 6.30. The zero-order valence-corrected chi connectivity index (χ0v) is 13.9. The van der Waals surface area contributed by atoms with Gasteiger partial charge in [0.05, 0.1) is 23.0 Å². The Hall–Kier alpha value is -3.26. The van der Waals surface area contributed by atoms with Crippen molar-refractivity contribution in [2.75, 3.05) is 5.43 Å². The number of nitrogens with one attached hydrogen (secondary N) is 2. The lowest BCUT2D eigenvalue weighted by molar-refractivity contribution is -0.109. The number of aromatic nitrogens is 4. The summed E-state index contributed by atoms with van der Waals surface area (Å²) in [5.74, 6) is 0.264. The van der Waals surface area contributed by atoms with Crippen LogP contribution in [0.15, 0.2) is 47.7 Å². The lowest BCUT2D eigenvalue weighted by Gasteiger charge is -2.15. The van der Waals surface area contributed by atoms with Crippen molar-refractivity contribution in [1.82, 2.24) is 25.2 Å². The number of carbonyl (C=O) groups is 1. The SMILES string of the molecule is Cn1nc(NNC=O)c(-c2cnccn2)c(-c2ccc(Cl)cc2)c1=O. The average Bonchev–Trinajstić information content (AvgIpc) is 2.64. The molecule has 0 aliphatic carbocycles. The molecule has 3 aromatic rings. The average molecular weight is 357 g/mol. The molecule has 0 fully saturated rings. The number of halogens is 1. The number of anilines is 1. The van der Waals surface area contributed by atoms with E-state index in [-0.39, 0.29) is 11.4 Å². The van der Waals surface area contributed by atoms with E-state index >= 15 is 0 Å². The maximum Gasteiger partial charge on any atom is 0.275 e. The zero-order chi connectivity index (χ0) is 17.8. The first-order valence-corrected chi connectivity index (χ1v) is 7.58. The fourth-order valence-corrected chi connectivity index (χ4v) is 2.51. The Morgan fingerprint density at radius 1 is 1.16 bits per heavy atom. The Balaban J connectivity index is 2.34. The summed E-state index contributed by atoms with van der Waals surface area (Å²) in [6, 6.07) is 6.84. The minimum Gasteiger partial charge on any atom is -0.280 e. The van der Waals surface area contributed by atoms with Gasteiger partial charge in [-0.3, -0.25) is 30.4 Å². The highest BCUT2D eigenvalue weighted by Crippen LogP contribution is 2.33. The lowest BCUT2D eigenvalue weighted by atomic mass is 10.00. The van der Waals surface area contributed by atoms with E-state index in [1.807, 2.05) is 0 Å². The van der Waals surface area contributed by atoms with Crippen molar-refractivity contribution < 1.29 is 4.79 Å². The Morgan fingerprint density at radius 3 is 2.56 bits per heavy atom. The summed E-state index contributed by atoms with van der Waals surface area (Å²) in [7, 11) is 1.52. The lowest BCUT2D eigenvalue weighted by Crippen LogP contribution is -2.28. The van der Waals surface area contributed by atoms with E-state index in [4.69, 9.17) is 11.6 Å². The van der Waals surface area contributed by atoms with E-state index in [9.17, 15) is 9.59 Å². The molecular weight excluding hydrogens is 344 g/mol. The van der Waals surface area contributed by atoms with E-state index in [1.54, 1.807) is 24.3 Å². The maximum absolute atomic E-state index is 12.8. The Morgan fingerprint density at radius 2 is 1.92 bits per heavy atom. The molecule has 0 bridgehead atoms. The third-order valence-corrected chi connectivity index (χ3v) is 3.70. The molecule has 2 aromatic heterocycles. The number of aryl methyl sites for hydroxylation is 1. The van der Waals surface area contributed by atoms with Gasteiger partial charge >= 0.3 is 0 Å². The molecule has 9 heteroatoms. The van der Waals surface area contributed by atoms with Gasteiger partial charge in [-0.05, 0) is 17.7 Å². The highest BCUT2D eigenvalue weighted by atomic mass is 35.5. The second-order valence-corrected chi connectivity index (χ2v) is 5.45. The maximum atomic E-state index is 12.8. The number of hydrogen-bond donors (Lipinski definition) is 2. The zero-order valence-electron chi connectivity index (χ0n) is 13.1. The van der Waals surface area contributed by atoms with Gasteiger partial charge in [0, 0.05) is 24.5 Å². The normalized spacial score (nSPS) is 10.3. The molecule has 2 heterocycles. The minimum atomic E-state index is -0.320. The van der Waals surface area contributed by atoms with Crippen LogP contribution in [0.1, 0.15) is 0 Å². The number of amides is 1. The Labute approximate surface area is 147 Å². The van der Waals surface area contributed by atoms with Crippen molar-refractivity contribution in [2.45, 2.75) is 0 Å². The molecule has 0 spiro atoms. The van der Waals surface area contributed by atoms with Crippen LogP contribution in [-0.2, 0) is 11.8 Å². The second-order valence-electron chi connectivity index (χ2n) is 5.01. The molecule has 1 aromatic carbocycles. The van der Waals surface area contributed by atoms with Crippen molar-refractivity contribution in [3.05, 3.63) is 58.2 Å². The molecule has 2 N–H and O–H groups in total. The summed E-state index contributed by atoms with van der Waals surface area (Å²) in [4.78, 5) is 31.7. The van der Waals surface area contributed by atoms with Gasteiger partial charge in [-0.25, -0.2) is 4.68 Å². The second kappa shape index (κ2) is 7.10. The number of hydrazine groups is 1. The fourth-order valence-electron chi connectivity index (χ4n) is 2.38. The third-order valence-electron chi connectivity index (χ3n) is 3.45. The third kappa shape index (κ3) is 3.33. The number of benzene rings is 1. The molecule has 0 atom stereocenters. The monoisotopic (exact) mass is 356 g/mol. The topological polar surface area (TPSA) is 102 Å². The van der Waals surface area contributed by atoms with Gasteiger partial charge in [0.1, 0.15) is 0 Å². The van der Waals surface area contributed by atoms with E-state index in [1.165, 1.54) is 30.3 Å². The first-order chi connectivity index (χ1) is 12.1. The van der Waals surface area contributed by atoms with Crippen molar-refractivity contribution >= 4 is 23.8 Å². The first-order valence-electron chi connectivity index (χ1n) is 7.20. The predicted octanol–water partition coefficient (Wildman–Crippen LogP) is 1.63. The number of carbonyl (C=O) groups excluding carboxylic acids is 1. The van der Waals surface area contributed by atoms with Crippen LogP contribution in [-0.4, -0.2) is 26.2 Å². The summed E-state index contributed by atoms with van der Waals surface area (Å²) in [5, 5.41) is 4.72. The van der Waals surface area contributed by atoms with Crippen LogP contribution >= 0.6 is 11.6 Å². The van der Waals surface area contributed by atoms with E-state index in [0.717, 1.165) is 0 Å². The van der Waals surface area contributed by atoms with Gasteiger partial charge in [0.2, 0.25) is 6.41 Å². The molecule has 25 heavy (non-hydrogen) atoms. The van der Waals surface area contributed by atoms with Crippen LogP contribution in [0.4, 0.5) is 5.82 Å². The molecule has 126 valence electrons. The summed E-state index contributed by atoms with van der Waals surface area (Å²) in [6.07, 6.45) is 5.02. The molecular formula is C16H13ClN6O2. The van der Waals surface area contributed by atoms with E-state index in [2.05, 4.69) is 25.9 Å². The quantitative estimate of drug-likeness (QED) is 0.532. The van der Waals surface area contributed by atoms with Gasteiger partial charge < -0.3 is 0 Å². The van der Waals surface area contributed by atoms with Crippen molar-refractivity contribution in [3.63, 3.8) is 0 Å². The standard InChI is InChI=1S/C16H13ClN6O2/c1-23-16(25)13(10-2-4-11(17)5-3-10)14(12-8-18-6-7-19-12)15(22-23)21-20-9-24/h2-9H,1H3,(H,20,24)(H,21,22). The number of nitrogens with zero attached hydrogens (tertiary/aromatic N) is 4. The molecule has 0 radical (unpaired) electrons. The summed E-state index contributed by atoms with van der Waals surface area (Å²) >= 11 is 5.95. The smallest absolute Gasteiger partial charge is 0.275 e. The molecule has 0 aliphatic heterocycles. The van der Waals surface area contributed by atoms with Crippen LogP contribution in [0.25, 0.3) is 22.4 Å². The Bertz CT molecular complexity index is 957. The van der Waals surface area contributed by atoms with Gasteiger partial charge in [0.25, 0.3) is 5.56 Å². The highest BCUT2D eigenvalue weighted by Gasteiger charge is 2.20. The van der Waals surface area contributed by atoms with Crippen LogP contribution < -0.4 is 16.4 Å². The number of hydrogen-bond acceptors (Lipinski definition) is 6. The molecule has 0 saturated carbocycles. The fraction of sp³-hybridized carbons (Fsp3) is 0.0625. The number of rotatable bonds is 5. The van der Waals surface area contributed by atoms with Gasteiger partial charge in [-0.2, -0.15) is 0 Å². The van der Waals surface area contributed by atoms with E-state index in [0.29, 0.717) is 33.8 Å². The summed E-state index contributed by atoms with van der Waals surface area (Å²) < 4.78 is 1.18. The summed E-state index contributed by atoms with van der Waals surface area (Å²) in [5.41, 5.74) is 6.55. The van der Waals surface area contributed by atoms with Crippen LogP contribution in [0.2, 0.25) is 5.02 Å². The van der Waals surface area contributed by atoms with Crippen LogP contribution in [0, 0.1) is 0 Å². The minimum absolute atomic E-state index is 0.264. The van der Waals surface area contributed by atoms with Crippen molar-refractivity contribution in [3.8, 4) is 22.4 Å². The molecule has 3 rings (SSSR count). The van der Waals surface area contributed by atoms with Crippen molar-refractivity contribution in [2.24, 2.45) is 7.05 Å². The largest absolute Gasteiger partial charge is 0.280 e. The van der Waals surface area contributed by atoms with E-state index < -0.39 is 0 Å².